The number of aromatic nitrogens is 2. The summed E-state index contributed by atoms with van der Waals surface area (Å²) in [7, 11) is -7.38. The van der Waals surface area contributed by atoms with Crippen LogP contribution in [0.3, 0.4) is 0 Å². The second kappa shape index (κ2) is 23.3. The molecule has 12 heteroatoms. The van der Waals surface area contributed by atoms with Gasteiger partial charge in [0.25, 0.3) is 0 Å². The third kappa shape index (κ3) is 13.1. The first-order valence-electron chi connectivity index (χ1n) is 23.9. The van der Waals surface area contributed by atoms with E-state index in [0.717, 1.165) is 17.2 Å². The van der Waals surface area contributed by atoms with Gasteiger partial charge in [-0.15, -0.1) is 10.2 Å². The van der Waals surface area contributed by atoms with E-state index >= 15 is 0 Å². The van der Waals surface area contributed by atoms with E-state index in [1.165, 1.54) is 69.8 Å². The van der Waals surface area contributed by atoms with Crippen molar-refractivity contribution in [1.82, 2.24) is 10.2 Å². The van der Waals surface area contributed by atoms with Crippen molar-refractivity contribution in [2.75, 3.05) is 0 Å². The quantitative estimate of drug-likeness (QED) is 0.0891. The molecule has 0 aliphatic heterocycles. The lowest BCUT2D eigenvalue weighted by Crippen LogP contribution is -2.31. The maximum absolute atomic E-state index is 12.3. The molecule has 2 aliphatic rings. The van der Waals surface area contributed by atoms with Gasteiger partial charge in [0.15, 0.2) is 5.69 Å². The highest BCUT2D eigenvalue weighted by Crippen LogP contribution is 2.45. The van der Waals surface area contributed by atoms with E-state index < -0.39 is 29.3 Å². The number of aryl methyl sites for hydroxylation is 2. The van der Waals surface area contributed by atoms with E-state index in [0.29, 0.717) is 18.4 Å². The normalized spacial score (nSPS) is 13.6. The Morgan fingerprint density at radius 2 is 0.915 bits per heavy atom. The summed E-state index contributed by atoms with van der Waals surface area (Å²) < 4.78 is 68.5. The van der Waals surface area contributed by atoms with Crippen molar-refractivity contribution in [1.29, 1.82) is 0 Å². The lowest BCUT2D eigenvalue weighted by molar-refractivity contribution is -0.0524. The summed E-state index contributed by atoms with van der Waals surface area (Å²) in [4.78, 5) is 11.9. The highest BCUT2D eigenvalue weighted by molar-refractivity contribution is 7.87. The molecule has 1 heterocycles. The number of rotatable bonds is 7. The van der Waals surface area contributed by atoms with Crippen LogP contribution in [0.2, 0.25) is 19.6 Å². The number of nitrogens with zero attached hydrogens (tertiary/aromatic N) is 2. The smallest absolute Gasteiger partial charge is 0.400 e. The van der Waals surface area contributed by atoms with Crippen LogP contribution in [0.1, 0.15) is 60.8 Å². The molecule has 2 aliphatic carbocycles. The third-order valence-electron chi connectivity index (χ3n) is 12.6. The van der Waals surface area contributed by atoms with Crippen molar-refractivity contribution in [2.45, 2.75) is 90.4 Å². The average molecular weight is 993 g/mol. The summed E-state index contributed by atoms with van der Waals surface area (Å²) in [6.07, 6.45) is 7.40. The number of fused-ring (bicyclic) bond motifs is 2. The molecular formula is C59H59F3N2O5SSi. The Bertz CT molecular complexity index is 3140. The molecule has 10 rings (SSSR count). The first-order valence-corrected chi connectivity index (χ1v) is 28.9. The number of hydrogen-bond acceptors (Lipinski definition) is 7. The molecule has 71 heavy (non-hydrogen) atoms. The first kappa shape index (κ1) is 51.9. The van der Waals surface area contributed by atoms with Crippen LogP contribution >= 0.6 is 0 Å². The summed E-state index contributed by atoms with van der Waals surface area (Å²) in [5.74, 6) is 0.253. The molecule has 0 atom stereocenters. The van der Waals surface area contributed by atoms with Crippen LogP contribution in [-0.2, 0) is 27.1 Å². The zero-order valence-corrected chi connectivity index (χ0v) is 42.6. The molecule has 1 aromatic heterocycles. The SMILES string of the molecule is C[Si](C)(C)C1=C(OS(=O)(=O)C(F)(F)F)CCCC1.Cc1ccccc1C.O=c1oc(-c2ccccc2)nnc1-c1ccccc1.c1ccc(-c2c3c(c(-c4ccccc4)c4ccccc24)CCCC3)cc1. The molecule has 0 spiro atoms. The summed E-state index contributed by atoms with van der Waals surface area (Å²) in [5.41, 5.74) is 7.28. The zero-order chi connectivity index (χ0) is 50.6. The Kier molecular flexibility index (Phi) is 17.1. The molecular weight excluding hydrogens is 934 g/mol. The van der Waals surface area contributed by atoms with Gasteiger partial charge < -0.3 is 8.60 Å². The zero-order valence-electron chi connectivity index (χ0n) is 40.8. The van der Waals surface area contributed by atoms with Gasteiger partial charge in [-0.3, -0.25) is 0 Å². The Morgan fingerprint density at radius 3 is 1.34 bits per heavy atom. The van der Waals surface area contributed by atoms with Crippen LogP contribution in [0.5, 0.6) is 0 Å². The molecule has 0 saturated heterocycles. The van der Waals surface area contributed by atoms with Crippen LogP contribution in [0.15, 0.2) is 190 Å². The van der Waals surface area contributed by atoms with Crippen LogP contribution < -0.4 is 5.63 Å². The fourth-order valence-corrected chi connectivity index (χ4v) is 11.5. The minimum atomic E-state index is -5.53. The van der Waals surface area contributed by atoms with Gasteiger partial charge in [0.05, 0.1) is 8.07 Å². The van der Waals surface area contributed by atoms with Gasteiger partial charge in [0, 0.05) is 17.5 Å². The number of alkyl halides is 3. The minimum Gasteiger partial charge on any atom is -0.400 e. The van der Waals surface area contributed by atoms with Gasteiger partial charge in [-0.1, -0.05) is 177 Å². The van der Waals surface area contributed by atoms with E-state index in [1.807, 2.05) is 68.2 Å². The summed E-state index contributed by atoms with van der Waals surface area (Å²) in [6.45, 7) is 10.1. The molecule has 7 nitrogen and oxygen atoms in total. The molecule has 0 amide bonds. The number of hydrogen-bond donors (Lipinski definition) is 0. The predicted molar refractivity (Wildman–Crippen MR) is 284 cm³/mol. The average Bonchev–Trinajstić information content (AvgIpc) is 3.37. The largest absolute Gasteiger partial charge is 0.534 e. The lowest BCUT2D eigenvalue weighted by atomic mass is 9.78. The van der Waals surface area contributed by atoms with Crippen LogP contribution in [-0.4, -0.2) is 32.2 Å². The number of benzene rings is 7. The third-order valence-corrected chi connectivity index (χ3v) is 15.9. The first-order chi connectivity index (χ1) is 34.0. The van der Waals surface area contributed by atoms with Crippen molar-refractivity contribution in [3.8, 4) is 45.0 Å². The monoisotopic (exact) mass is 992 g/mol. The van der Waals surface area contributed by atoms with E-state index in [1.54, 1.807) is 23.3 Å². The maximum atomic E-state index is 12.3. The Morgan fingerprint density at radius 1 is 0.521 bits per heavy atom. The predicted octanol–water partition coefficient (Wildman–Crippen LogP) is 15.7. The highest BCUT2D eigenvalue weighted by atomic mass is 32.2. The van der Waals surface area contributed by atoms with Gasteiger partial charge in [-0.05, 0) is 131 Å². The summed E-state index contributed by atoms with van der Waals surface area (Å²) in [6, 6.07) is 57.6. The molecule has 0 unspecified atom stereocenters. The van der Waals surface area contributed by atoms with Crippen molar-refractivity contribution in [3.05, 3.63) is 213 Å². The highest BCUT2D eigenvalue weighted by Gasteiger charge is 2.49. The molecule has 7 aromatic carbocycles. The van der Waals surface area contributed by atoms with Gasteiger partial charge in [0.1, 0.15) is 5.76 Å². The van der Waals surface area contributed by atoms with Gasteiger partial charge in [0.2, 0.25) is 5.89 Å². The topological polar surface area (TPSA) is 99.4 Å². The standard InChI is InChI=1S/C26H22.C15H10N2O2.C10H17F3O3SSi.C8H10/c1-3-11-19(12-4-1)25-21-15-7-9-17-23(21)26(20-13-5-2-6-14-20)24-18-10-8-16-22(24)25;18-15-13(11-7-3-1-4-8-11)16-17-14(19-15)12-9-5-2-6-10-12;1-18(2,3)9-7-5-4-6-8(9)16-17(14,15)10(11,12)13;1-7-5-3-4-6-8(7)2/h1-7,9,11-15,17H,8,10,16,18H2;1-10H;4-7H2,1-3H3;3-6H,1-2H3. The fourth-order valence-electron chi connectivity index (χ4n) is 8.94. The second-order valence-corrected chi connectivity index (χ2v) is 25.2. The molecule has 0 saturated carbocycles. The molecule has 366 valence electrons. The van der Waals surface area contributed by atoms with Crippen molar-refractivity contribution in [2.24, 2.45) is 0 Å². The number of allylic oxidation sites excluding steroid dienone is 2. The maximum Gasteiger partial charge on any atom is 0.534 e. The van der Waals surface area contributed by atoms with Crippen molar-refractivity contribution < 1.29 is 30.2 Å². The summed E-state index contributed by atoms with van der Waals surface area (Å²) in [5, 5.41) is 11.5. The number of halogens is 3. The Balaban J connectivity index is 0.000000148. The van der Waals surface area contributed by atoms with Gasteiger partial charge in [-0.25, -0.2) is 4.79 Å². The lowest BCUT2D eigenvalue weighted by Gasteiger charge is -2.28. The van der Waals surface area contributed by atoms with Gasteiger partial charge >= 0.3 is 21.3 Å². The van der Waals surface area contributed by atoms with Crippen molar-refractivity contribution in [3.63, 3.8) is 0 Å². The van der Waals surface area contributed by atoms with E-state index in [2.05, 4.69) is 137 Å². The van der Waals surface area contributed by atoms with E-state index in [-0.39, 0.29) is 23.8 Å². The molecule has 0 fully saturated rings. The molecule has 8 aromatic rings. The van der Waals surface area contributed by atoms with E-state index in [4.69, 9.17) is 4.42 Å². The Hall–Kier alpha value is -6.89. The van der Waals surface area contributed by atoms with E-state index in [9.17, 15) is 26.4 Å². The fraction of sp³-hybridized carbons (Fsp3) is 0.237. The minimum absolute atomic E-state index is 0.0257. The van der Waals surface area contributed by atoms with Gasteiger partial charge in [-0.2, -0.15) is 21.6 Å². The summed E-state index contributed by atoms with van der Waals surface area (Å²) >= 11 is 0. The van der Waals surface area contributed by atoms with Crippen LogP contribution in [0.25, 0.3) is 55.7 Å². The Labute approximate surface area is 416 Å². The molecule has 0 bridgehead atoms. The molecule has 0 N–H and O–H groups in total. The van der Waals surface area contributed by atoms with Crippen LogP contribution in [0.4, 0.5) is 13.2 Å². The second-order valence-electron chi connectivity index (χ2n) is 18.6. The van der Waals surface area contributed by atoms with Crippen molar-refractivity contribution >= 4 is 29.0 Å². The molecule has 0 radical (unpaired) electrons. The van der Waals surface area contributed by atoms with Crippen LogP contribution in [0, 0.1) is 13.8 Å².